The second kappa shape index (κ2) is 6.92. The Morgan fingerprint density at radius 2 is 1.92 bits per heavy atom. The fourth-order valence-corrected chi connectivity index (χ4v) is 3.22. The topological polar surface area (TPSA) is 80.4 Å². The fraction of sp³-hybridized carbons (Fsp3) is 0.421. The van der Waals surface area contributed by atoms with Gasteiger partial charge in [-0.15, -0.1) is 0 Å². The van der Waals surface area contributed by atoms with Crippen molar-refractivity contribution in [3.05, 3.63) is 64.0 Å². The summed E-state index contributed by atoms with van der Waals surface area (Å²) in [5, 5.41) is 14.2. The summed E-state index contributed by atoms with van der Waals surface area (Å²) >= 11 is 0. The molecule has 1 aromatic heterocycles. The van der Waals surface area contributed by atoms with Crippen LogP contribution in [-0.2, 0) is 11.3 Å². The molecule has 26 heavy (non-hydrogen) atoms. The van der Waals surface area contributed by atoms with Crippen LogP contribution in [-0.4, -0.2) is 38.9 Å². The SMILES string of the molecule is CC(C)(C)NCC(=O)N1CCn2cccc2[C@H]1c1ccc([N+](=O)[O-])cc1. The van der Waals surface area contributed by atoms with Gasteiger partial charge < -0.3 is 14.8 Å². The monoisotopic (exact) mass is 356 g/mol. The number of nitrogens with zero attached hydrogens (tertiary/aromatic N) is 3. The Labute approximate surface area is 152 Å². The zero-order chi connectivity index (χ0) is 18.9. The molecule has 1 aliphatic rings. The van der Waals surface area contributed by atoms with E-state index in [-0.39, 0.29) is 29.7 Å². The predicted octanol–water partition coefficient (Wildman–Crippen LogP) is 2.72. The lowest BCUT2D eigenvalue weighted by Gasteiger charge is -2.38. The molecule has 1 aliphatic heterocycles. The number of rotatable bonds is 4. The summed E-state index contributed by atoms with van der Waals surface area (Å²) in [5.74, 6) is 0.0238. The lowest BCUT2D eigenvalue weighted by molar-refractivity contribution is -0.384. The maximum absolute atomic E-state index is 12.9. The molecule has 138 valence electrons. The number of carbonyl (C=O) groups is 1. The van der Waals surface area contributed by atoms with E-state index in [0.717, 1.165) is 17.8 Å². The molecular formula is C19H24N4O3. The van der Waals surface area contributed by atoms with Gasteiger partial charge in [0.15, 0.2) is 0 Å². The molecule has 0 spiro atoms. The number of nitro groups is 1. The van der Waals surface area contributed by atoms with E-state index in [9.17, 15) is 14.9 Å². The van der Waals surface area contributed by atoms with E-state index < -0.39 is 4.92 Å². The number of nitro benzene ring substituents is 1. The number of aromatic nitrogens is 1. The standard InChI is InChI=1S/C19H24N4O3/c1-19(2,3)20-13-17(24)22-12-11-21-10-4-5-16(21)18(22)14-6-8-15(9-7-14)23(25)26/h4-10,18,20H,11-13H2,1-3H3/t18-/m1/s1. The third kappa shape index (κ3) is 3.77. The molecule has 0 unspecified atom stereocenters. The lowest BCUT2D eigenvalue weighted by atomic mass is 9.99. The molecule has 0 fully saturated rings. The van der Waals surface area contributed by atoms with Crippen LogP contribution in [0.3, 0.4) is 0 Å². The number of benzene rings is 1. The van der Waals surface area contributed by atoms with Gasteiger partial charge in [0.1, 0.15) is 0 Å². The van der Waals surface area contributed by atoms with Gasteiger partial charge in [-0.05, 0) is 50.6 Å². The van der Waals surface area contributed by atoms with E-state index in [0.29, 0.717) is 6.54 Å². The van der Waals surface area contributed by atoms with Crippen LogP contribution >= 0.6 is 0 Å². The smallest absolute Gasteiger partial charge is 0.269 e. The highest BCUT2D eigenvalue weighted by molar-refractivity contribution is 5.79. The molecule has 1 aromatic carbocycles. The minimum atomic E-state index is -0.413. The predicted molar refractivity (Wildman–Crippen MR) is 98.8 cm³/mol. The highest BCUT2D eigenvalue weighted by Crippen LogP contribution is 2.33. The van der Waals surface area contributed by atoms with Crippen LogP contribution in [0.4, 0.5) is 5.69 Å². The summed E-state index contributed by atoms with van der Waals surface area (Å²) in [7, 11) is 0. The van der Waals surface area contributed by atoms with E-state index in [1.807, 2.05) is 44.0 Å². The Kier molecular flexibility index (Phi) is 4.82. The molecule has 3 rings (SSSR count). The highest BCUT2D eigenvalue weighted by atomic mass is 16.6. The molecule has 2 heterocycles. The minimum Gasteiger partial charge on any atom is -0.348 e. The third-order valence-electron chi connectivity index (χ3n) is 4.55. The first kappa shape index (κ1) is 18.1. The molecule has 0 saturated heterocycles. The van der Waals surface area contributed by atoms with Gasteiger partial charge >= 0.3 is 0 Å². The van der Waals surface area contributed by atoms with Crippen LogP contribution in [0.2, 0.25) is 0 Å². The molecule has 0 bridgehead atoms. The second-order valence-corrected chi connectivity index (χ2v) is 7.57. The average molecular weight is 356 g/mol. The average Bonchev–Trinajstić information content (AvgIpc) is 3.07. The van der Waals surface area contributed by atoms with Crippen LogP contribution in [0.25, 0.3) is 0 Å². The van der Waals surface area contributed by atoms with Crippen LogP contribution < -0.4 is 5.32 Å². The van der Waals surface area contributed by atoms with Crippen molar-refractivity contribution in [3.63, 3.8) is 0 Å². The van der Waals surface area contributed by atoms with Crippen LogP contribution in [0, 0.1) is 10.1 Å². The number of non-ortho nitro benzene ring substituents is 1. The van der Waals surface area contributed by atoms with Crippen molar-refractivity contribution in [2.75, 3.05) is 13.1 Å². The van der Waals surface area contributed by atoms with Gasteiger partial charge in [-0.2, -0.15) is 0 Å². The maximum Gasteiger partial charge on any atom is 0.269 e. The molecule has 1 N–H and O–H groups in total. The number of hydrogen-bond donors (Lipinski definition) is 1. The molecule has 0 radical (unpaired) electrons. The zero-order valence-electron chi connectivity index (χ0n) is 15.3. The van der Waals surface area contributed by atoms with Gasteiger partial charge in [0.25, 0.3) is 5.69 Å². The van der Waals surface area contributed by atoms with Gasteiger partial charge in [0.05, 0.1) is 17.5 Å². The van der Waals surface area contributed by atoms with Crippen molar-refractivity contribution >= 4 is 11.6 Å². The van der Waals surface area contributed by atoms with Gasteiger partial charge in [-0.3, -0.25) is 14.9 Å². The maximum atomic E-state index is 12.9. The summed E-state index contributed by atoms with van der Waals surface area (Å²) in [4.78, 5) is 25.3. The molecule has 7 heteroatoms. The largest absolute Gasteiger partial charge is 0.348 e. The van der Waals surface area contributed by atoms with E-state index in [4.69, 9.17) is 0 Å². The van der Waals surface area contributed by atoms with Crippen molar-refractivity contribution in [1.29, 1.82) is 0 Å². The Morgan fingerprint density at radius 3 is 2.54 bits per heavy atom. The highest BCUT2D eigenvalue weighted by Gasteiger charge is 2.32. The minimum absolute atomic E-state index is 0.0238. The van der Waals surface area contributed by atoms with Gasteiger partial charge in [0, 0.05) is 42.7 Å². The molecular weight excluding hydrogens is 332 g/mol. The van der Waals surface area contributed by atoms with E-state index in [1.165, 1.54) is 12.1 Å². The Balaban J connectivity index is 1.91. The Hall–Kier alpha value is -2.67. The van der Waals surface area contributed by atoms with Crippen molar-refractivity contribution in [2.45, 2.75) is 38.9 Å². The molecule has 0 aliphatic carbocycles. The normalized spacial score (nSPS) is 17.0. The number of fused-ring (bicyclic) bond motifs is 1. The van der Waals surface area contributed by atoms with Crippen LogP contribution in [0.15, 0.2) is 42.6 Å². The summed E-state index contributed by atoms with van der Waals surface area (Å²) in [5.41, 5.74) is 1.80. The van der Waals surface area contributed by atoms with Gasteiger partial charge in [-0.25, -0.2) is 0 Å². The fourth-order valence-electron chi connectivity index (χ4n) is 3.22. The molecule has 1 atom stereocenters. The summed E-state index contributed by atoms with van der Waals surface area (Å²) in [6, 6.07) is 10.2. The summed E-state index contributed by atoms with van der Waals surface area (Å²) in [6.45, 7) is 7.68. The van der Waals surface area contributed by atoms with Crippen molar-refractivity contribution in [1.82, 2.24) is 14.8 Å². The van der Waals surface area contributed by atoms with E-state index in [2.05, 4.69) is 9.88 Å². The molecule has 2 aromatic rings. The molecule has 7 nitrogen and oxygen atoms in total. The number of amides is 1. The van der Waals surface area contributed by atoms with Crippen LogP contribution in [0.5, 0.6) is 0 Å². The van der Waals surface area contributed by atoms with Gasteiger partial charge in [0.2, 0.25) is 5.91 Å². The van der Waals surface area contributed by atoms with Crippen molar-refractivity contribution < 1.29 is 9.72 Å². The first-order valence-corrected chi connectivity index (χ1v) is 8.70. The number of carbonyl (C=O) groups excluding carboxylic acids is 1. The second-order valence-electron chi connectivity index (χ2n) is 7.57. The Morgan fingerprint density at radius 1 is 1.23 bits per heavy atom. The molecule has 0 saturated carbocycles. The number of hydrogen-bond acceptors (Lipinski definition) is 4. The molecule has 1 amide bonds. The van der Waals surface area contributed by atoms with Crippen molar-refractivity contribution in [2.24, 2.45) is 0 Å². The summed E-state index contributed by atoms with van der Waals surface area (Å²) in [6.07, 6.45) is 2.00. The quantitative estimate of drug-likeness (QED) is 0.675. The summed E-state index contributed by atoms with van der Waals surface area (Å²) < 4.78 is 2.13. The Bertz CT molecular complexity index is 805. The third-order valence-corrected chi connectivity index (χ3v) is 4.55. The first-order valence-electron chi connectivity index (χ1n) is 8.70. The van der Waals surface area contributed by atoms with E-state index >= 15 is 0 Å². The number of nitrogens with one attached hydrogen (secondary N) is 1. The zero-order valence-corrected chi connectivity index (χ0v) is 15.3. The van der Waals surface area contributed by atoms with Crippen LogP contribution in [0.1, 0.15) is 38.1 Å². The van der Waals surface area contributed by atoms with E-state index in [1.54, 1.807) is 12.1 Å². The first-order chi connectivity index (χ1) is 12.3. The van der Waals surface area contributed by atoms with Crippen molar-refractivity contribution in [3.8, 4) is 0 Å². The lowest BCUT2D eigenvalue weighted by Crippen LogP contribution is -2.49. The van der Waals surface area contributed by atoms with Gasteiger partial charge in [-0.1, -0.05) is 0 Å².